The van der Waals surface area contributed by atoms with E-state index in [1.54, 1.807) is 7.11 Å². The second kappa shape index (κ2) is 10.6. The smallest absolute Gasteiger partial charge is 0.129 e. The lowest BCUT2D eigenvalue weighted by Gasteiger charge is -2.18. The fraction of sp³-hybridized carbons (Fsp3) is 0.533. The van der Waals surface area contributed by atoms with Gasteiger partial charge in [-0.1, -0.05) is 29.4 Å². The van der Waals surface area contributed by atoms with Crippen LogP contribution in [-0.4, -0.2) is 32.6 Å². The largest absolute Gasteiger partial charge is 0.394 e. The predicted octanol–water partition coefficient (Wildman–Crippen LogP) is 2.92. The standard InChI is InChI=1S/C15H27N2O2P3/c1-18-10-3-2-4-14(17-19-11-9-16)12-5-7-13(8-6-12)15(20,21)22/h5-8H,2-4,9-11,16,20-22H2,1H3/b17-14+. The highest BCUT2D eigenvalue weighted by molar-refractivity contribution is 7.56. The second-order valence-corrected chi connectivity index (χ2v) is 9.99. The third-order valence-electron chi connectivity index (χ3n) is 3.11. The number of hydrogen-bond acceptors (Lipinski definition) is 4. The van der Waals surface area contributed by atoms with Gasteiger partial charge in [0.25, 0.3) is 0 Å². The molecule has 0 saturated heterocycles. The molecule has 7 heteroatoms. The number of ether oxygens (including phenoxy) is 1. The molecule has 0 bridgehead atoms. The monoisotopic (exact) mass is 360 g/mol. The number of rotatable bonds is 10. The molecule has 0 aliphatic heterocycles. The van der Waals surface area contributed by atoms with Crippen LogP contribution in [0.2, 0.25) is 0 Å². The van der Waals surface area contributed by atoms with E-state index in [-0.39, 0.29) is 4.64 Å². The normalized spacial score (nSPS) is 12.5. The molecule has 0 aliphatic rings. The van der Waals surface area contributed by atoms with E-state index in [0.29, 0.717) is 13.2 Å². The van der Waals surface area contributed by atoms with Crippen molar-refractivity contribution in [2.24, 2.45) is 10.9 Å². The first-order chi connectivity index (χ1) is 10.5. The first-order valence-electron chi connectivity index (χ1n) is 7.34. The van der Waals surface area contributed by atoms with Crippen LogP contribution >= 0.6 is 27.7 Å². The van der Waals surface area contributed by atoms with Crippen LogP contribution < -0.4 is 5.73 Å². The zero-order valence-corrected chi connectivity index (χ0v) is 16.6. The van der Waals surface area contributed by atoms with Gasteiger partial charge in [-0.05, 0) is 30.4 Å². The van der Waals surface area contributed by atoms with Gasteiger partial charge in [0.15, 0.2) is 0 Å². The SMILES string of the molecule is COCCCC/C(=N\OCCN)c1ccc(C(P)(P)P)cc1. The molecule has 3 atom stereocenters. The van der Waals surface area contributed by atoms with Crippen molar-refractivity contribution in [1.29, 1.82) is 0 Å². The Hall–Kier alpha value is -0.100. The van der Waals surface area contributed by atoms with Crippen LogP contribution in [0.5, 0.6) is 0 Å². The first kappa shape index (κ1) is 19.9. The van der Waals surface area contributed by atoms with Crippen LogP contribution in [0.3, 0.4) is 0 Å². The zero-order chi connectivity index (χ0) is 16.4. The summed E-state index contributed by atoms with van der Waals surface area (Å²) in [4.78, 5) is 5.27. The average Bonchev–Trinajstić information content (AvgIpc) is 2.49. The van der Waals surface area contributed by atoms with E-state index in [0.717, 1.165) is 37.1 Å². The van der Waals surface area contributed by atoms with E-state index in [1.165, 1.54) is 5.56 Å². The number of benzene rings is 1. The molecule has 0 amide bonds. The highest BCUT2D eigenvalue weighted by Gasteiger charge is 2.14. The van der Waals surface area contributed by atoms with Crippen molar-refractivity contribution in [3.63, 3.8) is 0 Å². The van der Waals surface area contributed by atoms with Gasteiger partial charge in [0, 0.05) is 24.9 Å². The topological polar surface area (TPSA) is 56.8 Å². The van der Waals surface area contributed by atoms with E-state index >= 15 is 0 Å². The lowest BCUT2D eigenvalue weighted by atomic mass is 10.0. The van der Waals surface area contributed by atoms with E-state index in [1.807, 2.05) is 0 Å². The highest BCUT2D eigenvalue weighted by Crippen LogP contribution is 2.44. The molecule has 0 fully saturated rings. The van der Waals surface area contributed by atoms with Crippen molar-refractivity contribution >= 4 is 33.4 Å². The first-order valence-corrected chi connectivity index (χ1v) is 9.07. The average molecular weight is 360 g/mol. The Balaban J connectivity index is 2.78. The quantitative estimate of drug-likeness (QED) is 0.302. The Labute approximate surface area is 140 Å². The maximum atomic E-state index is 5.44. The van der Waals surface area contributed by atoms with Gasteiger partial charge in [-0.25, -0.2) is 0 Å². The van der Waals surface area contributed by atoms with Gasteiger partial charge in [-0.15, -0.1) is 27.7 Å². The summed E-state index contributed by atoms with van der Waals surface area (Å²) in [5.74, 6) is 0. The van der Waals surface area contributed by atoms with Crippen LogP contribution in [0.15, 0.2) is 29.4 Å². The van der Waals surface area contributed by atoms with Crippen LogP contribution in [0, 0.1) is 0 Å². The molecule has 1 rings (SSSR count). The summed E-state index contributed by atoms with van der Waals surface area (Å²) in [6.45, 7) is 1.67. The minimum atomic E-state index is -0.0929. The maximum absolute atomic E-state index is 5.44. The van der Waals surface area contributed by atoms with Crippen molar-refractivity contribution < 1.29 is 9.57 Å². The second-order valence-electron chi connectivity index (χ2n) is 5.12. The molecular weight excluding hydrogens is 333 g/mol. The molecule has 1 aromatic carbocycles. The summed E-state index contributed by atoms with van der Waals surface area (Å²) in [6, 6.07) is 8.39. The van der Waals surface area contributed by atoms with Crippen molar-refractivity contribution in [2.75, 3.05) is 26.9 Å². The summed E-state index contributed by atoms with van der Waals surface area (Å²) in [5, 5.41) is 4.25. The molecule has 2 N–H and O–H groups in total. The van der Waals surface area contributed by atoms with Crippen molar-refractivity contribution in [3.05, 3.63) is 35.4 Å². The molecule has 0 heterocycles. The molecule has 1 aromatic rings. The fourth-order valence-corrected chi connectivity index (χ4v) is 2.49. The summed E-state index contributed by atoms with van der Waals surface area (Å²) in [6.07, 6.45) is 2.89. The Kier molecular flexibility index (Phi) is 9.64. The van der Waals surface area contributed by atoms with E-state index < -0.39 is 0 Å². The third-order valence-corrected chi connectivity index (χ3v) is 4.11. The minimum Gasteiger partial charge on any atom is -0.394 e. The number of methoxy groups -OCH3 is 1. The molecule has 124 valence electrons. The van der Waals surface area contributed by atoms with Gasteiger partial charge in [-0.2, -0.15) is 0 Å². The molecule has 3 unspecified atom stereocenters. The highest BCUT2D eigenvalue weighted by atomic mass is 31.1. The number of unbranched alkanes of at least 4 members (excludes halogenated alkanes) is 1. The summed E-state index contributed by atoms with van der Waals surface area (Å²) in [5.41, 5.74) is 8.69. The molecule has 0 aromatic heterocycles. The Morgan fingerprint density at radius 2 is 1.82 bits per heavy atom. The molecule has 0 saturated carbocycles. The molecule has 22 heavy (non-hydrogen) atoms. The predicted molar refractivity (Wildman–Crippen MR) is 105 cm³/mol. The maximum Gasteiger partial charge on any atom is 0.129 e. The Morgan fingerprint density at radius 3 is 2.36 bits per heavy atom. The van der Waals surface area contributed by atoms with Crippen molar-refractivity contribution in [2.45, 2.75) is 23.9 Å². The van der Waals surface area contributed by atoms with Crippen LogP contribution in [0.4, 0.5) is 0 Å². The molecule has 0 radical (unpaired) electrons. The molecule has 0 aliphatic carbocycles. The number of oxime groups is 1. The lowest BCUT2D eigenvalue weighted by Crippen LogP contribution is -2.09. The molecule has 0 spiro atoms. The van der Waals surface area contributed by atoms with Gasteiger partial charge in [0.05, 0.1) is 5.71 Å². The Bertz CT molecular complexity index is 459. The van der Waals surface area contributed by atoms with Gasteiger partial charge in [0.2, 0.25) is 0 Å². The van der Waals surface area contributed by atoms with Crippen LogP contribution in [0.1, 0.15) is 30.4 Å². The van der Waals surface area contributed by atoms with E-state index in [2.05, 4.69) is 57.1 Å². The van der Waals surface area contributed by atoms with Gasteiger partial charge < -0.3 is 15.3 Å². The zero-order valence-electron chi connectivity index (χ0n) is 13.1. The molecular formula is C15H27N2O2P3. The molecule has 4 nitrogen and oxygen atoms in total. The summed E-state index contributed by atoms with van der Waals surface area (Å²) < 4.78 is 4.99. The number of nitrogens with two attached hydrogens (primary N) is 1. The number of hydrogen-bond donors (Lipinski definition) is 1. The van der Waals surface area contributed by atoms with E-state index in [9.17, 15) is 0 Å². The van der Waals surface area contributed by atoms with Crippen molar-refractivity contribution in [3.8, 4) is 0 Å². The summed E-state index contributed by atoms with van der Waals surface area (Å²) in [7, 11) is 10.1. The third kappa shape index (κ3) is 7.44. The fourth-order valence-electron chi connectivity index (χ4n) is 1.91. The van der Waals surface area contributed by atoms with Gasteiger partial charge in [-0.3, -0.25) is 0 Å². The van der Waals surface area contributed by atoms with Gasteiger partial charge in [0.1, 0.15) is 6.61 Å². The van der Waals surface area contributed by atoms with Crippen LogP contribution in [0.25, 0.3) is 0 Å². The van der Waals surface area contributed by atoms with Gasteiger partial charge >= 0.3 is 0 Å². The number of nitrogens with zero attached hydrogens (tertiary/aromatic N) is 1. The summed E-state index contributed by atoms with van der Waals surface area (Å²) >= 11 is 0. The minimum absolute atomic E-state index is 0.0929. The van der Waals surface area contributed by atoms with Crippen molar-refractivity contribution in [1.82, 2.24) is 0 Å². The Morgan fingerprint density at radius 1 is 1.14 bits per heavy atom. The van der Waals surface area contributed by atoms with E-state index in [4.69, 9.17) is 15.3 Å². The van der Waals surface area contributed by atoms with Crippen LogP contribution in [-0.2, 0) is 14.2 Å². The lowest BCUT2D eigenvalue weighted by molar-refractivity contribution is 0.151.